The zero-order chi connectivity index (χ0) is 19.1. The van der Waals surface area contributed by atoms with Crippen LogP contribution in [0.25, 0.3) is 11.1 Å². The standard InChI is InChI=1S/C20H18F2N4O/c21-15-5-4-12(8-16(15)22)18-13(9-23)19(24)25-17-6-7-26(10-14(17)18)20(27)11-2-1-3-11/h4-5,8,11H,1-3,6-7,10H2,(H2,24,25). The second-order valence-electron chi connectivity index (χ2n) is 7.05. The Hall–Kier alpha value is -3.01. The lowest BCUT2D eigenvalue weighted by atomic mass is 9.83. The minimum atomic E-state index is -1.00. The number of nitrogens with two attached hydrogens (primary N) is 1. The Morgan fingerprint density at radius 1 is 1.30 bits per heavy atom. The van der Waals surface area contributed by atoms with Crippen LogP contribution in [0.4, 0.5) is 14.6 Å². The van der Waals surface area contributed by atoms with E-state index in [0.717, 1.165) is 31.4 Å². The Morgan fingerprint density at radius 3 is 2.70 bits per heavy atom. The van der Waals surface area contributed by atoms with Gasteiger partial charge in [0.25, 0.3) is 0 Å². The van der Waals surface area contributed by atoms with Crippen molar-refractivity contribution in [2.75, 3.05) is 12.3 Å². The van der Waals surface area contributed by atoms with Crippen molar-refractivity contribution in [2.45, 2.75) is 32.2 Å². The number of halogens is 2. The Bertz CT molecular complexity index is 979. The highest BCUT2D eigenvalue weighted by Crippen LogP contribution is 2.37. The third-order valence-corrected chi connectivity index (χ3v) is 5.47. The molecule has 0 bridgehead atoms. The van der Waals surface area contributed by atoms with E-state index in [9.17, 15) is 18.8 Å². The molecule has 2 N–H and O–H groups in total. The molecular weight excluding hydrogens is 350 g/mol. The summed E-state index contributed by atoms with van der Waals surface area (Å²) in [6.45, 7) is 0.832. The molecular formula is C20H18F2N4O. The monoisotopic (exact) mass is 368 g/mol. The van der Waals surface area contributed by atoms with E-state index in [0.29, 0.717) is 41.9 Å². The first kappa shape index (κ1) is 17.4. The highest BCUT2D eigenvalue weighted by atomic mass is 19.2. The smallest absolute Gasteiger partial charge is 0.225 e. The van der Waals surface area contributed by atoms with Crippen molar-refractivity contribution < 1.29 is 13.6 Å². The minimum absolute atomic E-state index is 0.0646. The number of rotatable bonds is 2. The zero-order valence-electron chi connectivity index (χ0n) is 14.6. The molecule has 1 aliphatic heterocycles. The van der Waals surface area contributed by atoms with Gasteiger partial charge in [-0.1, -0.05) is 12.5 Å². The van der Waals surface area contributed by atoms with Gasteiger partial charge in [0.2, 0.25) is 5.91 Å². The lowest BCUT2D eigenvalue weighted by molar-refractivity contribution is -0.139. The van der Waals surface area contributed by atoms with Crippen LogP contribution in [0.15, 0.2) is 18.2 Å². The van der Waals surface area contributed by atoms with Crippen molar-refractivity contribution >= 4 is 11.7 Å². The number of fused-ring (bicyclic) bond motifs is 1. The largest absolute Gasteiger partial charge is 0.383 e. The molecule has 1 fully saturated rings. The summed E-state index contributed by atoms with van der Waals surface area (Å²) in [4.78, 5) is 18.8. The molecule has 2 heterocycles. The maximum absolute atomic E-state index is 13.8. The lowest BCUT2D eigenvalue weighted by Crippen LogP contribution is -2.42. The van der Waals surface area contributed by atoms with E-state index in [1.54, 1.807) is 4.90 Å². The van der Waals surface area contributed by atoms with Crippen LogP contribution in [0.1, 0.15) is 36.1 Å². The van der Waals surface area contributed by atoms with E-state index in [2.05, 4.69) is 4.98 Å². The third kappa shape index (κ3) is 2.91. The van der Waals surface area contributed by atoms with Gasteiger partial charge in [0.15, 0.2) is 11.6 Å². The summed E-state index contributed by atoms with van der Waals surface area (Å²) >= 11 is 0. The number of carbonyl (C=O) groups excluding carboxylic acids is 1. The molecule has 0 atom stereocenters. The summed E-state index contributed by atoms with van der Waals surface area (Å²) in [6.07, 6.45) is 3.39. The highest BCUT2D eigenvalue weighted by Gasteiger charge is 2.33. The van der Waals surface area contributed by atoms with Crippen LogP contribution in [0.3, 0.4) is 0 Å². The topological polar surface area (TPSA) is 83.0 Å². The lowest BCUT2D eigenvalue weighted by Gasteiger charge is -2.35. The van der Waals surface area contributed by atoms with Gasteiger partial charge in [-0.15, -0.1) is 0 Å². The zero-order valence-corrected chi connectivity index (χ0v) is 14.6. The molecule has 5 nitrogen and oxygen atoms in total. The van der Waals surface area contributed by atoms with Gasteiger partial charge >= 0.3 is 0 Å². The maximum atomic E-state index is 13.8. The van der Waals surface area contributed by atoms with Crippen LogP contribution in [-0.2, 0) is 17.8 Å². The van der Waals surface area contributed by atoms with Gasteiger partial charge < -0.3 is 10.6 Å². The number of benzene rings is 1. The Kier molecular flexibility index (Phi) is 4.27. The normalized spacial score (nSPS) is 16.4. The molecule has 4 rings (SSSR count). The van der Waals surface area contributed by atoms with Crippen LogP contribution in [0.5, 0.6) is 0 Å². The van der Waals surface area contributed by atoms with E-state index >= 15 is 0 Å². The molecule has 138 valence electrons. The summed E-state index contributed by atoms with van der Waals surface area (Å²) in [7, 11) is 0. The van der Waals surface area contributed by atoms with Crippen molar-refractivity contribution in [3.63, 3.8) is 0 Å². The first-order valence-electron chi connectivity index (χ1n) is 8.95. The molecule has 0 radical (unpaired) electrons. The van der Waals surface area contributed by atoms with Gasteiger partial charge in [-0.25, -0.2) is 13.8 Å². The average Bonchev–Trinajstić information content (AvgIpc) is 2.61. The van der Waals surface area contributed by atoms with Crippen molar-refractivity contribution in [1.29, 1.82) is 5.26 Å². The molecule has 0 spiro atoms. The number of hydrogen-bond acceptors (Lipinski definition) is 4. The summed E-state index contributed by atoms with van der Waals surface area (Å²) in [5, 5.41) is 9.58. The molecule has 1 saturated carbocycles. The molecule has 1 amide bonds. The number of nitriles is 1. The number of amides is 1. The number of anilines is 1. The molecule has 1 aliphatic carbocycles. The van der Waals surface area contributed by atoms with E-state index in [1.807, 2.05) is 6.07 Å². The maximum Gasteiger partial charge on any atom is 0.225 e. The summed E-state index contributed by atoms with van der Waals surface area (Å²) in [6, 6.07) is 5.52. The number of nitrogen functional groups attached to an aromatic ring is 1. The van der Waals surface area contributed by atoms with E-state index in [4.69, 9.17) is 5.73 Å². The van der Waals surface area contributed by atoms with Crippen molar-refractivity contribution in [3.8, 4) is 17.2 Å². The molecule has 0 saturated heterocycles. The van der Waals surface area contributed by atoms with Gasteiger partial charge in [-0.3, -0.25) is 4.79 Å². The molecule has 7 heteroatoms. The second-order valence-corrected chi connectivity index (χ2v) is 7.05. The molecule has 1 aromatic carbocycles. The number of pyridine rings is 1. The molecule has 0 unspecified atom stereocenters. The number of nitrogens with zero attached hydrogens (tertiary/aromatic N) is 3. The predicted molar refractivity (Wildman–Crippen MR) is 95.2 cm³/mol. The van der Waals surface area contributed by atoms with E-state index < -0.39 is 11.6 Å². The van der Waals surface area contributed by atoms with Gasteiger partial charge in [-0.2, -0.15) is 5.26 Å². The number of aromatic nitrogens is 1. The number of hydrogen-bond donors (Lipinski definition) is 1. The Morgan fingerprint density at radius 2 is 2.07 bits per heavy atom. The van der Waals surface area contributed by atoms with Gasteiger partial charge in [0, 0.05) is 36.6 Å². The van der Waals surface area contributed by atoms with Crippen molar-refractivity contribution in [2.24, 2.45) is 5.92 Å². The fourth-order valence-corrected chi connectivity index (χ4v) is 3.76. The summed E-state index contributed by atoms with van der Waals surface area (Å²) in [5.74, 6) is -1.72. The van der Waals surface area contributed by atoms with Crippen LogP contribution in [0.2, 0.25) is 0 Å². The quantitative estimate of drug-likeness (QED) is 0.883. The SMILES string of the molecule is N#Cc1c(N)nc2c(c1-c1ccc(F)c(F)c1)CN(C(=O)C1CCC1)CC2. The predicted octanol–water partition coefficient (Wildman–Crippen LogP) is 3.17. The molecule has 2 aliphatic rings. The van der Waals surface area contributed by atoms with Gasteiger partial charge in [0.05, 0.1) is 5.69 Å². The van der Waals surface area contributed by atoms with Crippen LogP contribution < -0.4 is 5.73 Å². The Balaban J connectivity index is 1.83. The van der Waals surface area contributed by atoms with E-state index in [-0.39, 0.29) is 23.2 Å². The number of carbonyl (C=O) groups is 1. The summed E-state index contributed by atoms with van der Waals surface area (Å²) < 4.78 is 27.2. The third-order valence-electron chi connectivity index (χ3n) is 5.47. The first-order valence-corrected chi connectivity index (χ1v) is 8.95. The molecule has 27 heavy (non-hydrogen) atoms. The fraction of sp³-hybridized carbons (Fsp3) is 0.350. The van der Waals surface area contributed by atoms with Gasteiger partial charge in [0.1, 0.15) is 17.5 Å². The summed E-state index contributed by atoms with van der Waals surface area (Å²) in [5.41, 5.74) is 8.25. The van der Waals surface area contributed by atoms with Crippen LogP contribution in [0, 0.1) is 28.9 Å². The van der Waals surface area contributed by atoms with Crippen LogP contribution in [-0.4, -0.2) is 22.3 Å². The average molecular weight is 368 g/mol. The second kappa shape index (κ2) is 6.62. The van der Waals surface area contributed by atoms with Crippen molar-refractivity contribution in [1.82, 2.24) is 9.88 Å². The first-order chi connectivity index (χ1) is 13.0. The Labute approximate surface area is 155 Å². The fourth-order valence-electron chi connectivity index (χ4n) is 3.76. The minimum Gasteiger partial charge on any atom is -0.383 e. The van der Waals surface area contributed by atoms with Gasteiger partial charge in [-0.05, 0) is 30.5 Å². The molecule has 2 aromatic rings. The van der Waals surface area contributed by atoms with Crippen molar-refractivity contribution in [3.05, 3.63) is 46.7 Å². The highest BCUT2D eigenvalue weighted by molar-refractivity contribution is 5.82. The van der Waals surface area contributed by atoms with E-state index in [1.165, 1.54) is 6.07 Å². The van der Waals surface area contributed by atoms with Crippen LogP contribution >= 0.6 is 0 Å². The molecule has 1 aromatic heterocycles.